The lowest BCUT2D eigenvalue weighted by molar-refractivity contribution is -0.0514. The minimum atomic E-state index is 0.643. The van der Waals surface area contributed by atoms with Crippen LogP contribution >= 0.6 is 0 Å². The van der Waals surface area contributed by atoms with E-state index in [1.54, 1.807) is 0 Å². The number of aryl methyl sites for hydroxylation is 1. The monoisotopic (exact) mass is 259 g/mol. The highest BCUT2D eigenvalue weighted by Gasteiger charge is 2.50. The number of nitrogens with zero attached hydrogens (tertiary/aromatic N) is 1. The first kappa shape index (κ1) is 12.0. The van der Waals surface area contributed by atoms with Crippen molar-refractivity contribution in [2.75, 3.05) is 6.54 Å². The molecule has 0 aliphatic heterocycles. The molecule has 104 valence electrons. The molecule has 0 saturated heterocycles. The Labute approximate surface area is 115 Å². The lowest BCUT2D eigenvalue weighted by Crippen LogP contribution is -2.50. The molecule has 19 heavy (non-hydrogen) atoms. The molecule has 0 spiro atoms. The summed E-state index contributed by atoms with van der Waals surface area (Å²) < 4.78 is 0. The fraction of sp³-hybridized carbons (Fsp3) is 0.812. The normalized spacial score (nSPS) is 39.9. The molecule has 3 heteroatoms. The first-order valence-electron chi connectivity index (χ1n) is 7.92. The molecular formula is C16H25N3. The third kappa shape index (κ3) is 2.22. The maximum atomic E-state index is 4.27. The van der Waals surface area contributed by atoms with Gasteiger partial charge >= 0.3 is 0 Å². The lowest BCUT2D eigenvalue weighted by Gasteiger charge is -2.57. The van der Waals surface area contributed by atoms with Gasteiger partial charge in [0.2, 0.25) is 0 Å². The molecule has 4 saturated carbocycles. The molecule has 5 rings (SSSR count). The summed E-state index contributed by atoms with van der Waals surface area (Å²) in [5, 5.41) is 3.70. The van der Waals surface area contributed by atoms with Crippen LogP contribution in [0.15, 0.2) is 6.20 Å². The van der Waals surface area contributed by atoms with E-state index in [1.165, 1.54) is 50.8 Å². The van der Waals surface area contributed by atoms with E-state index in [-0.39, 0.29) is 0 Å². The average Bonchev–Trinajstić information content (AvgIpc) is 2.73. The van der Waals surface area contributed by atoms with Crippen molar-refractivity contribution >= 4 is 0 Å². The quantitative estimate of drug-likeness (QED) is 0.872. The molecule has 3 nitrogen and oxygen atoms in total. The Morgan fingerprint density at radius 2 is 1.84 bits per heavy atom. The van der Waals surface area contributed by atoms with Gasteiger partial charge in [-0.1, -0.05) is 0 Å². The molecule has 1 aromatic heterocycles. The van der Waals surface area contributed by atoms with Crippen molar-refractivity contribution in [1.82, 2.24) is 15.3 Å². The molecule has 0 amide bonds. The van der Waals surface area contributed by atoms with Gasteiger partial charge in [-0.05, 0) is 68.6 Å². The van der Waals surface area contributed by atoms with Crippen molar-refractivity contribution in [3.8, 4) is 0 Å². The third-order valence-corrected chi connectivity index (χ3v) is 5.74. The third-order valence-electron chi connectivity index (χ3n) is 5.74. The van der Waals surface area contributed by atoms with Gasteiger partial charge in [0.25, 0.3) is 0 Å². The van der Waals surface area contributed by atoms with Crippen molar-refractivity contribution in [3.63, 3.8) is 0 Å². The topological polar surface area (TPSA) is 40.7 Å². The van der Waals surface area contributed by atoms with Gasteiger partial charge in [-0.2, -0.15) is 0 Å². The lowest BCUT2D eigenvalue weighted by atomic mass is 9.49. The Morgan fingerprint density at radius 3 is 2.37 bits per heavy atom. The Balaban J connectivity index is 1.37. The van der Waals surface area contributed by atoms with Crippen LogP contribution in [0.25, 0.3) is 0 Å². The van der Waals surface area contributed by atoms with Crippen LogP contribution in [0.4, 0.5) is 0 Å². The molecule has 1 heterocycles. The zero-order valence-corrected chi connectivity index (χ0v) is 11.9. The smallest absolute Gasteiger partial charge is 0.103 e. The largest absolute Gasteiger partial charge is 0.345 e. The summed E-state index contributed by atoms with van der Waals surface area (Å²) in [5.41, 5.74) is 1.87. The van der Waals surface area contributed by atoms with E-state index >= 15 is 0 Å². The van der Waals surface area contributed by atoms with E-state index in [9.17, 15) is 0 Å². The van der Waals surface area contributed by atoms with Crippen molar-refractivity contribution < 1.29 is 0 Å². The molecule has 4 aliphatic carbocycles. The summed E-state index contributed by atoms with van der Waals surface area (Å²) >= 11 is 0. The maximum Gasteiger partial charge on any atom is 0.103 e. The van der Waals surface area contributed by atoms with Crippen LogP contribution in [0.3, 0.4) is 0 Å². The molecule has 4 fully saturated rings. The SMILES string of the molecule is Cc1ncc(CNCC23CC4CC(CC(C4)C2)C3)[nH]1. The molecule has 0 radical (unpaired) electrons. The Morgan fingerprint density at radius 1 is 1.21 bits per heavy atom. The first-order chi connectivity index (χ1) is 9.21. The van der Waals surface area contributed by atoms with E-state index in [1.807, 2.05) is 13.1 Å². The van der Waals surface area contributed by atoms with Crippen LogP contribution in [0.1, 0.15) is 50.0 Å². The van der Waals surface area contributed by atoms with Gasteiger partial charge in [-0.3, -0.25) is 0 Å². The second kappa shape index (κ2) is 4.34. The standard InChI is InChI=1S/C16H25N3/c1-11-18-9-15(19-11)8-17-10-16-5-12-2-13(6-16)4-14(3-12)7-16/h9,12-14,17H,2-8,10H2,1H3,(H,18,19). The molecular weight excluding hydrogens is 234 g/mol. The van der Waals surface area contributed by atoms with Gasteiger partial charge in [0.05, 0.1) is 0 Å². The van der Waals surface area contributed by atoms with E-state index < -0.39 is 0 Å². The summed E-state index contributed by atoms with van der Waals surface area (Å²) in [7, 11) is 0. The Bertz CT molecular complexity index is 427. The fourth-order valence-electron chi connectivity index (χ4n) is 5.53. The predicted molar refractivity (Wildman–Crippen MR) is 75.6 cm³/mol. The van der Waals surface area contributed by atoms with Gasteiger partial charge in [0.1, 0.15) is 5.82 Å². The minimum absolute atomic E-state index is 0.643. The summed E-state index contributed by atoms with van der Waals surface area (Å²) in [6, 6.07) is 0. The number of H-pyrrole nitrogens is 1. The number of aromatic amines is 1. The summed E-state index contributed by atoms with van der Waals surface area (Å²) in [5.74, 6) is 4.19. The van der Waals surface area contributed by atoms with E-state index in [0.717, 1.165) is 30.1 Å². The van der Waals surface area contributed by atoms with Crippen molar-refractivity contribution in [2.24, 2.45) is 23.2 Å². The highest BCUT2D eigenvalue weighted by molar-refractivity contribution is 5.03. The number of hydrogen-bond acceptors (Lipinski definition) is 2. The number of aromatic nitrogens is 2. The number of nitrogens with one attached hydrogen (secondary N) is 2. The number of imidazole rings is 1. The van der Waals surface area contributed by atoms with Crippen LogP contribution in [-0.4, -0.2) is 16.5 Å². The number of hydrogen-bond donors (Lipinski definition) is 2. The first-order valence-corrected chi connectivity index (χ1v) is 7.92. The summed E-state index contributed by atoms with van der Waals surface area (Å²) in [6.07, 6.45) is 11.1. The fourth-order valence-corrected chi connectivity index (χ4v) is 5.53. The molecule has 0 atom stereocenters. The van der Waals surface area contributed by atoms with E-state index in [4.69, 9.17) is 0 Å². The highest BCUT2D eigenvalue weighted by Crippen LogP contribution is 2.59. The van der Waals surface area contributed by atoms with Gasteiger partial charge in [-0.15, -0.1) is 0 Å². The molecule has 4 bridgehead atoms. The van der Waals surface area contributed by atoms with Crippen molar-refractivity contribution in [2.45, 2.75) is 52.0 Å². The zero-order valence-electron chi connectivity index (χ0n) is 11.9. The number of rotatable bonds is 4. The molecule has 0 unspecified atom stereocenters. The van der Waals surface area contributed by atoms with Gasteiger partial charge in [0.15, 0.2) is 0 Å². The summed E-state index contributed by atoms with van der Waals surface area (Å²) in [6.45, 7) is 4.18. The molecule has 4 aliphatic rings. The highest BCUT2D eigenvalue weighted by atomic mass is 15.0. The molecule has 1 aromatic rings. The molecule has 0 aromatic carbocycles. The van der Waals surface area contributed by atoms with Crippen LogP contribution < -0.4 is 5.32 Å². The maximum absolute atomic E-state index is 4.27. The van der Waals surface area contributed by atoms with Crippen LogP contribution in [0.5, 0.6) is 0 Å². The van der Waals surface area contributed by atoms with Crippen molar-refractivity contribution in [3.05, 3.63) is 17.7 Å². The minimum Gasteiger partial charge on any atom is -0.345 e. The van der Waals surface area contributed by atoms with E-state index in [2.05, 4.69) is 15.3 Å². The van der Waals surface area contributed by atoms with Gasteiger partial charge in [-0.25, -0.2) is 4.98 Å². The second-order valence-electron chi connectivity index (χ2n) is 7.51. The average molecular weight is 259 g/mol. The van der Waals surface area contributed by atoms with Gasteiger partial charge in [0, 0.05) is 25.0 Å². The van der Waals surface area contributed by atoms with Crippen LogP contribution in [0.2, 0.25) is 0 Å². The summed E-state index contributed by atoms with van der Waals surface area (Å²) in [4.78, 5) is 7.58. The Hall–Kier alpha value is -0.830. The molecule has 2 N–H and O–H groups in total. The second-order valence-corrected chi connectivity index (χ2v) is 7.51. The Kier molecular flexibility index (Phi) is 2.73. The van der Waals surface area contributed by atoms with Crippen molar-refractivity contribution in [1.29, 1.82) is 0 Å². The predicted octanol–water partition coefficient (Wildman–Crippen LogP) is 3.02. The van der Waals surface area contributed by atoms with E-state index in [0.29, 0.717) is 5.41 Å². The van der Waals surface area contributed by atoms with Crippen LogP contribution in [-0.2, 0) is 6.54 Å². The van der Waals surface area contributed by atoms with Crippen LogP contribution in [0, 0.1) is 30.1 Å². The zero-order chi connectivity index (χ0) is 12.9. The van der Waals surface area contributed by atoms with Gasteiger partial charge < -0.3 is 10.3 Å².